The summed E-state index contributed by atoms with van der Waals surface area (Å²) < 4.78 is 13.2. The fourth-order valence-electron chi connectivity index (χ4n) is 3.71. The van der Waals surface area contributed by atoms with Crippen LogP contribution in [0.5, 0.6) is 0 Å². The van der Waals surface area contributed by atoms with Gasteiger partial charge in [0.05, 0.1) is 13.2 Å². The molecule has 1 saturated heterocycles. The molecule has 0 spiro atoms. The van der Waals surface area contributed by atoms with Gasteiger partial charge in [0.2, 0.25) is 0 Å². The van der Waals surface area contributed by atoms with Crippen molar-refractivity contribution in [2.24, 2.45) is 0 Å². The van der Waals surface area contributed by atoms with Gasteiger partial charge in [-0.05, 0) is 36.2 Å². The van der Waals surface area contributed by atoms with E-state index >= 15 is 0 Å². The number of hydrogen-bond donors (Lipinski definition) is 0. The first kappa shape index (κ1) is 16.3. The van der Waals surface area contributed by atoms with Gasteiger partial charge in [-0.15, -0.1) is 0 Å². The maximum Gasteiger partial charge on any atom is 0.195 e. The molecular formula is C20H22BrNO2. The van der Waals surface area contributed by atoms with E-state index in [9.17, 15) is 0 Å². The molecule has 2 aliphatic heterocycles. The quantitative estimate of drug-likeness (QED) is 0.756. The van der Waals surface area contributed by atoms with Gasteiger partial charge in [-0.1, -0.05) is 52.3 Å². The van der Waals surface area contributed by atoms with E-state index in [0.29, 0.717) is 13.2 Å². The zero-order chi connectivity index (χ0) is 16.4. The molecule has 0 radical (unpaired) electrons. The molecule has 24 heavy (non-hydrogen) atoms. The number of halogens is 1. The first-order valence-electron chi connectivity index (χ1n) is 8.58. The van der Waals surface area contributed by atoms with Gasteiger partial charge in [-0.25, -0.2) is 0 Å². The average molecular weight is 388 g/mol. The Balaban J connectivity index is 1.38. The number of hydrogen-bond acceptors (Lipinski definition) is 3. The fourth-order valence-corrected chi connectivity index (χ4v) is 3.98. The molecule has 4 rings (SSSR count). The highest BCUT2D eigenvalue weighted by molar-refractivity contribution is 9.10. The molecule has 2 aromatic rings. The lowest BCUT2D eigenvalue weighted by molar-refractivity contribution is -0.172. The zero-order valence-corrected chi connectivity index (χ0v) is 15.3. The van der Waals surface area contributed by atoms with Crippen LogP contribution in [-0.4, -0.2) is 24.7 Å². The van der Waals surface area contributed by atoms with Crippen molar-refractivity contribution < 1.29 is 9.47 Å². The highest BCUT2D eigenvalue weighted by Gasteiger charge is 2.38. The molecule has 0 aliphatic carbocycles. The molecule has 0 N–H and O–H groups in total. The Morgan fingerprint density at radius 1 is 0.917 bits per heavy atom. The van der Waals surface area contributed by atoms with Crippen molar-refractivity contribution in [3.8, 4) is 0 Å². The first-order valence-corrected chi connectivity index (χ1v) is 9.38. The molecule has 0 bridgehead atoms. The Bertz CT molecular complexity index is 670. The van der Waals surface area contributed by atoms with Crippen LogP contribution in [0.1, 0.15) is 29.5 Å². The van der Waals surface area contributed by atoms with Crippen LogP contribution in [0.15, 0.2) is 53.0 Å². The van der Waals surface area contributed by atoms with Crippen molar-refractivity contribution in [2.75, 3.05) is 19.8 Å². The predicted octanol–water partition coefficient (Wildman–Crippen LogP) is 4.44. The summed E-state index contributed by atoms with van der Waals surface area (Å²) in [6.45, 7) is 4.53. The second-order valence-corrected chi connectivity index (χ2v) is 7.46. The van der Waals surface area contributed by atoms with Gasteiger partial charge in [-0.2, -0.15) is 0 Å². The van der Waals surface area contributed by atoms with E-state index in [-0.39, 0.29) is 0 Å². The van der Waals surface area contributed by atoms with Gasteiger partial charge < -0.3 is 9.47 Å². The summed E-state index contributed by atoms with van der Waals surface area (Å²) in [6.07, 6.45) is 1.95. The van der Waals surface area contributed by atoms with Crippen LogP contribution in [0.2, 0.25) is 0 Å². The van der Waals surface area contributed by atoms with E-state index in [4.69, 9.17) is 9.47 Å². The summed E-state index contributed by atoms with van der Waals surface area (Å²) in [5.74, 6) is -0.562. The standard InChI is InChI=1S/C20H22BrNO2/c21-19-8-6-18(7-9-19)20(23-12-13-24-20)10-3-11-22-14-16-4-1-2-5-17(16)15-22/h1-2,4-9H,3,10-15H2. The van der Waals surface area contributed by atoms with Crippen LogP contribution in [0.3, 0.4) is 0 Å². The Kier molecular flexibility index (Phi) is 4.72. The summed E-state index contributed by atoms with van der Waals surface area (Å²) >= 11 is 3.49. The van der Waals surface area contributed by atoms with Crippen LogP contribution >= 0.6 is 15.9 Å². The van der Waals surface area contributed by atoms with Crippen LogP contribution in [0, 0.1) is 0 Å². The topological polar surface area (TPSA) is 21.7 Å². The van der Waals surface area contributed by atoms with E-state index < -0.39 is 5.79 Å². The number of ether oxygens (including phenoxy) is 2. The predicted molar refractivity (Wildman–Crippen MR) is 97.5 cm³/mol. The molecule has 4 heteroatoms. The maximum atomic E-state index is 6.04. The minimum atomic E-state index is -0.562. The van der Waals surface area contributed by atoms with Gasteiger partial charge in [0.25, 0.3) is 0 Å². The number of fused-ring (bicyclic) bond motifs is 1. The number of rotatable bonds is 5. The largest absolute Gasteiger partial charge is 0.343 e. The summed E-state index contributed by atoms with van der Waals surface area (Å²) in [5.41, 5.74) is 4.05. The molecular weight excluding hydrogens is 366 g/mol. The molecule has 0 aromatic heterocycles. The van der Waals surface area contributed by atoms with E-state index in [1.54, 1.807) is 0 Å². The van der Waals surface area contributed by atoms with Crippen LogP contribution < -0.4 is 0 Å². The molecule has 0 unspecified atom stereocenters. The highest BCUT2D eigenvalue weighted by atomic mass is 79.9. The normalized spacial score (nSPS) is 19.5. The summed E-state index contributed by atoms with van der Waals surface area (Å²) in [6, 6.07) is 17.0. The van der Waals surface area contributed by atoms with Gasteiger partial charge in [0, 0.05) is 29.5 Å². The lowest BCUT2D eigenvalue weighted by atomic mass is 10.0. The second-order valence-electron chi connectivity index (χ2n) is 6.54. The molecule has 2 aromatic carbocycles. The Morgan fingerprint density at radius 3 is 2.17 bits per heavy atom. The third-order valence-electron chi connectivity index (χ3n) is 4.92. The van der Waals surface area contributed by atoms with E-state index in [1.807, 2.05) is 0 Å². The van der Waals surface area contributed by atoms with Gasteiger partial charge >= 0.3 is 0 Å². The van der Waals surface area contributed by atoms with Crippen molar-refractivity contribution in [3.63, 3.8) is 0 Å². The van der Waals surface area contributed by atoms with Crippen LogP contribution in [0.4, 0.5) is 0 Å². The van der Waals surface area contributed by atoms with E-state index in [2.05, 4.69) is 69.4 Å². The minimum Gasteiger partial charge on any atom is -0.343 e. The van der Waals surface area contributed by atoms with E-state index in [0.717, 1.165) is 42.5 Å². The summed E-state index contributed by atoms with van der Waals surface area (Å²) in [4.78, 5) is 2.51. The smallest absolute Gasteiger partial charge is 0.195 e. The SMILES string of the molecule is Brc1ccc(C2(CCCN3Cc4ccccc4C3)OCCO2)cc1. The summed E-state index contributed by atoms with van der Waals surface area (Å²) in [5, 5.41) is 0. The average Bonchev–Trinajstić information content (AvgIpc) is 3.22. The number of benzene rings is 2. The van der Waals surface area contributed by atoms with Crippen LogP contribution in [0.25, 0.3) is 0 Å². The van der Waals surface area contributed by atoms with Crippen molar-refractivity contribution in [3.05, 3.63) is 69.7 Å². The van der Waals surface area contributed by atoms with Crippen molar-refractivity contribution in [1.82, 2.24) is 4.90 Å². The summed E-state index contributed by atoms with van der Waals surface area (Å²) in [7, 11) is 0. The van der Waals surface area contributed by atoms with Gasteiger partial charge in [-0.3, -0.25) is 4.90 Å². The third-order valence-corrected chi connectivity index (χ3v) is 5.45. The van der Waals surface area contributed by atoms with Crippen molar-refractivity contribution >= 4 is 15.9 Å². The zero-order valence-electron chi connectivity index (χ0n) is 13.7. The lowest BCUT2D eigenvalue weighted by Gasteiger charge is -2.29. The molecule has 1 fully saturated rings. The van der Waals surface area contributed by atoms with Gasteiger partial charge in [0.1, 0.15) is 0 Å². The molecule has 0 atom stereocenters. The third kappa shape index (κ3) is 3.29. The van der Waals surface area contributed by atoms with E-state index in [1.165, 1.54) is 11.1 Å². The minimum absolute atomic E-state index is 0.562. The van der Waals surface area contributed by atoms with Crippen molar-refractivity contribution in [1.29, 1.82) is 0 Å². The monoisotopic (exact) mass is 387 g/mol. The highest BCUT2D eigenvalue weighted by Crippen LogP contribution is 2.37. The molecule has 0 saturated carbocycles. The van der Waals surface area contributed by atoms with Gasteiger partial charge in [0.15, 0.2) is 5.79 Å². The molecule has 2 aliphatic rings. The second kappa shape index (κ2) is 6.96. The van der Waals surface area contributed by atoms with Crippen molar-refractivity contribution in [2.45, 2.75) is 31.7 Å². The van der Waals surface area contributed by atoms with Crippen LogP contribution in [-0.2, 0) is 28.4 Å². The number of nitrogens with zero attached hydrogens (tertiary/aromatic N) is 1. The fraction of sp³-hybridized carbons (Fsp3) is 0.400. The molecule has 0 amide bonds. The molecule has 126 valence electrons. The lowest BCUT2D eigenvalue weighted by Crippen LogP contribution is -2.29. The Hall–Kier alpha value is -1.20. The Morgan fingerprint density at radius 2 is 1.54 bits per heavy atom. The molecule has 3 nitrogen and oxygen atoms in total. The Labute approximate surface area is 151 Å². The molecule has 2 heterocycles. The maximum absolute atomic E-state index is 6.04. The first-order chi connectivity index (χ1) is 11.8.